The molecule has 2 aromatic carbocycles. The Labute approximate surface area is 164 Å². The van der Waals surface area contributed by atoms with Crippen LogP contribution in [-0.2, 0) is 6.54 Å². The molecule has 136 valence electrons. The van der Waals surface area contributed by atoms with Gasteiger partial charge in [-0.05, 0) is 71.7 Å². The van der Waals surface area contributed by atoms with E-state index < -0.39 is 0 Å². The van der Waals surface area contributed by atoms with Gasteiger partial charge in [-0.1, -0.05) is 17.3 Å². The fourth-order valence-electron chi connectivity index (χ4n) is 2.86. The maximum atomic E-state index is 13.1. The van der Waals surface area contributed by atoms with Crippen molar-refractivity contribution in [3.63, 3.8) is 0 Å². The lowest BCUT2D eigenvalue weighted by Crippen LogP contribution is -2.04. The van der Waals surface area contributed by atoms with Gasteiger partial charge < -0.3 is 4.52 Å². The molecule has 0 fully saturated rings. The van der Waals surface area contributed by atoms with E-state index in [1.165, 1.54) is 12.1 Å². The van der Waals surface area contributed by atoms with Crippen LogP contribution in [0.3, 0.4) is 0 Å². The zero-order chi connectivity index (χ0) is 19.0. The van der Waals surface area contributed by atoms with E-state index in [0.717, 1.165) is 27.0 Å². The molecular weight excluding hydrogens is 411 g/mol. The van der Waals surface area contributed by atoms with Crippen LogP contribution in [0.1, 0.15) is 17.0 Å². The smallest absolute Gasteiger partial charge is 0.258 e. The van der Waals surface area contributed by atoms with Gasteiger partial charge in [-0.25, -0.2) is 4.39 Å². The van der Waals surface area contributed by atoms with Crippen LogP contribution in [0.15, 0.2) is 57.5 Å². The minimum Gasteiger partial charge on any atom is -0.334 e. The number of aryl methyl sites for hydroxylation is 1. The van der Waals surface area contributed by atoms with Crippen molar-refractivity contribution in [2.24, 2.45) is 0 Å². The Balaban J connectivity index is 1.61. The molecular formula is C20H16BrFN4O. The molecule has 0 saturated heterocycles. The van der Waals surface area contributed by atoms with Gasteiger partial charge in [0.25, 0.3) is 5.89 Å². The predicted octanol–water partition coefficient (Wildman–Crippen LogP) is 5.17. The first-order valence-electron chi connectivity index (χ1n) is 8.40. The molecule has 5 nitrogen and oxygen atoms in total. The number of rotatable bonds is 4. The maximum Gasteiger partial charge on any atom is 0.258 e. The second-order valence-electron chi connectivity index (χ2n) is 6.27. The largest absolute Gasteiger partial charge is 0.334 e. The lowest BCUT2D eigenvalue weighted by molar-refractivity contribution is 0.432. The molecule has 0 amide bonds. The number of aromatic nitrogens is 4. The summed E-state index contributed by atoms with van der Waals surface area (Å²) in [6.45, 7) is 4.64. The van der Waals surface area contributed by atoms with Crippen LogP contribution < -0.4 is 0 Å². The van der Waals surface area contributed by atoms with Gasteiger partial charge in [0.2, 0.25) is 5.82 Å². The van der Waals surface area contributed by atoms with Crippen LogP contribution in [0.2, 0.25) is 0 Å². The van der Waals surface area contributed by atoms with E-state index in [4.69, 9.17) is 4.52 Å². The monoisotopic (exact) mass is 426 g/mol. The van der Waals surface area contributed by atoms with E-state index in [2.05, 4.69) is 31.2 Å². The van der Waals surface area contributed by atoms with Gasteiger partial charge in [0.1, 0.15) is 5.82 Å². The van der Waals surface area contributed by atoms with E-state index in [-0.39, 0.29) is 5.82 Å². The average molecular weight is 427 g/mol. The predicted molar refractivity (Wildman–Crippen MR) is 104 cm³/mol. The summed E-state index contributed by atoms with van der Waals surface area (Å²) in [5.41, 5.74) is 4.65. The minimum absolute atomic E-state index is 0.300. The number of hydrogen-bond acceptors (Lipinski definition) is 4. The molecule has 0 radical (unpaired) electrons. The number of halogens is 2. The van der Waals surface area contributed by atoms with Crippen molar-refractivity contribution in [1.82, 2.24) is 19.9 Å². The zero-order valence-electron chi connectivity index (χ0n) is 14.8. The summed E-state index contributed by atoms with van der Waals surface area (Å²) in [7, 11) is 0. The molecule has 7 heteroatoms. The van der Waals surface area contributed by atoms with Crippen LogP contribution in [0.25, 0.3) is 22.8 Å². The third kappa shape index (κ3) is 3.55. The van der Waals surface area contributed by atoms with Crippen molar-refractivity contribution in [1.29, 1.82) is 0 Å². The lowest BCUT2D eigenvalue weighted by Gasteiger charge is -2.06. The Morgan fingerprint density at radius 2 is 1.85 bits per heavy atom. The summed E-state index contributed by atoms with van der Waals surface area (Å²) < 4.78 is 21.5. The highest BCUT2D eigenvalue weighted by Gasteiger charge is 2.13. The number of hydrogen-bond donors (Lipinski definition) is 0. The summed E-state index contributed by atoms with van der Waals surface area (Å²) in [6.07, 6.45) is 0. The van der Waals surface area contributed by atoms with Crippen molar-refractivity contribution >= 4 is 15.9 Å². The molecule has 4 aromatic rings. The second-order valence-corrected chi connectivity index (χ2v) is 7.07. The second kappa shape index (κ2) is 7.08. The van der Waals surface area contributed by atoms with E-state index in [0.29, 0.717) is 23.8 Å². The molecule has 0 aliphatic carbocycles. The molecule has 27 heavy (non-hydrogen) atoms. The first-order valence-corrected chi connectivity index (χ1v) is 9.19. The first kappa shape index (κ1) is 17.6. The molecule has 0 aliphatic rings. The lowest BCUT2D eigenvalue weighted by atomic mass is 10.1. The molecule has 4 rings (SSSR count). The van der Waals surface area contributed by atoms with Crippen molar-refractivity contribution in [2.75, 3.05) is 0 Å². The van der Waals surface area contributed by atoms with E-state index in [1.54, 1.807) is 12.1 Å². The average Bonchev–Trinajstić information content (AvgIpc) is 3.25. The van der Waals surface area contributed by atoms with E-state index >= 15 is 0 Å². The summed E-state index contributed by atoms with van der Waals surface area (Å²) in [4.78, 5) is 4.43. The summed E-state index contributed by atoms with van der Waals surface area (Å²) in [6, 6.07) is 13.9. The first-order chi connectivity index (χ1) is 13.0. The SMILES string of the molecule is Cc1nn(Cc2cccc(-c3nc(-c4ccc(F)cc4)no3)c2)c(C)c1Br. The Kier molecular flexibility index (Phi) is 4.61. The zero-order valence-corrected chi connectivity index (χ0v) is 16.4. The fourth-order valence-corrected chi connectivity index (χ4v) is 3.15. The van der Waals surface area contributed by atoms with Gasteiger partial charge >= 0.3 is 0 Å². The van der Waals surface area contributed by atoms with Crippen LogP contribution in [-0.4, -0.2) is 19.9 Å². The van der Waals surface area contributed by atoms with Gasteiger partial charge in [-0.3, -0.25) is 4.68 Å². The maximum absolute atomic E-state index is 13.1. The van der Waals surface area contributed by atoms with E-state index in [9.17, 15) is 4.39 Å². The Bertz CT molecular complexity index is 1100. The van der Waals surface area contributed by atoms with Crippen molar-refractivity contribution in [3.05, 3.63) is 75.8 Å². The number of benzene rings is 2. The Morgan fingerprint density at radius 3 is 2.56 bits per heavy atom. The third-order valence-electron chi connectivity index (χ3n) is 4.33. The normalized spacial score (nSPS) is 11.1. The Hall–Kier alpha value is -2.80. The van der Waals surface area contributed by atoms with Crippen molar-refractivity contribution < 1.29 is 8.91 Å². The minimum atomic E-state index is -0.300. The van der Waals surface area contributed by atoms with Crippen LogP contribution in [0.4, 0.5) is 4.39 Å². The molecule has 2 aromatic heterocycles. The molecule has 0 aliphatic heterocycles. The molecule has 0 spiro atoms. The van der Waals surface area contributed by atoms with Gasteiger partial charge in [-0.2, -0.15) is 10.1 Å². The highest BCUT2D eigenvalue weighted by atomic mass is 79.9. The topological polar surface area (TPSA) is 56.7 Å². The molecule has 2 heterocycles. The summed E-state index contributed by atoms with van der Waals surface area (Å²) >= 11 is 3.55. The molecule has 0 saturated carbocycles. The van der Waals surface area contributed by atoms with Crippen molar-refractivity contribution in [3.8, 4) is 22.8 Å². The van der Waals surface area contributed by atoms with Crippen LogP contribution in [0, 0.1) is 19.7 Å². The third-order valence-corrected chi connectivity index (χ3v) is 5.48. The van der Waals surface area contributed by atoms with E-state index in [1.807, 2.05) is 42.8 Å². The van der Waals surface area contributed by atoms with Gasteiger partial charge in [0, 0.05) is 11.1 Å². The summed E-state index contributed by atoms with van der Waals surface area (Å²) in [5, 5.41) is 8.55. The van der Waals surface area contributed by atoms with Crippen molar-refractivity contribution in [2.45, 2.75) is 20.4 Å². The highest BCUT2D eigenvalue weighted by Crippen LogP contribution is 2.25. The Morgan fingerprint density at radius 1 is 1.07 bits per heavy atom. The molecule has 0 atom stereocenters. The fraction of sp³-hybridized carbons (Fsp3) is 0.150. The highest BCUT2D eigenvalue weighted by molar-refractivity contribution is 9.10. The molecule has 0 bridgehead atoms. The van der Waals surface area contributed by atoms with Crippen LogP contribution >= 0.6 is 15.9 Å². The molecule has 0 unspecified atom stereocenters. The quantitative estimate of drug-likeness (QED) is 0.451. The van der Waals surface area contributed by atoms with Gasteiger partial charge in [0.05, 0.1) is 22.4 Å². The summed E-state index contributed by atoms with van der Waals surface area (Å²) in [5.74, 6) is 0.551. The van der Waals surface area contributed by atoms with Gasteiger partial charge in [0.15, 0.2) is 0 Å². The van der Waals surface area contributed by atoms with Crippen LogP contribution in [0.5, 0.6) is 0 Å². The van der Waals surface area contributed by atoms with Gasteiger partial charge in [-0.15, -0.1) is 0 Å². The molecule has 0 N–H and O–H groups in total. The standard InChI is InChI=1S/C20H16BrFN4O/c1-12-18(21)13(2)26(24-12)11-14-4-3-5-16(10-14)20-23-19(25-27-20)15-6-8-17(22)9-7-15/h3-10H,11H2,1-2H3. The number of nitrogens with zero attached hydrogens (tertiary/aromatic N) is 4.